The average molecular weight is 281 g/mol. The third-order valence-electron chi connectivity index (χ3n) is 4.13. The van der Waals surface area contributed by atoms with Gasteiger partial charge in [0.25, 0.3) is 0 Å². The van der Waals surface area contributed by atoms with Gasteiger partial charge in [-0.05, 0) is 32.6 Å². The molecule has 1 rings (SSSR count). The van der Waals surface area contributed by atoms with Crippen LogP contribution in [0.2, 0.25) is 0 Å². The molecule has 1 fully saturated rings. The zero-order valence-electron chi connectivity index (χ0n) is 13.2. The third-order valence-corrected chi connectivity index (χ3v) is 4.13. The van der Waals surface area contributed by atoms with E-state index in [9.17, 15) is 9.59 Å². The van der Waals surface area contributed by atoms with Gasteiger partial charge in [-0.25, -0.2) is 0 Å². The maximum atomic E-state index is 11.8. The SMILES string of the molecule is CC(=O)CCCCCCCCCCC(=O)N1CCCC1. The molecular weight excluding hydrogens is 250 g/mol. The molecule has 116 valence electrons. The summed E-state index contributed by atoms with van der Waals surface area (Å²) in [4.78, 5) is 24.6. The predicted octanol–water partition coefficient (Wildman–Crippen LogP) is 4.10. The van der Waals surface area contributed by atoms with Crippen molar-refractivity contribution in [1.29, 1.82) is 0 Å². The Labute approximate surface area is 124 Å². The molecule has 3 nitrogen and oxygen atoms in total. The summed E-state index contributed by atoms with van der Waals surface area (Å²) in [6, 6.07) is 0. The summed E-state index contributed by atoms with van der Waals surface area (Å²) >= 11 is 0. The van der Waals surface area contributed by atoms with Crippen molar-refractivity contribution in [3.05, 3.63) is 0 Å². The Morgan fingerprint density at radius 2 is 1.20 bits per heavy atom. The highest BCUT2D eigenvalue weighted by atomic mass is 16.2. The molecular formula is C17H31NO2. The number of Topliss-reactive ketones (excluding diaryl/α,β-unsaturated/α-hetero) is 1. The molecule has 1 heterocycles. The second-order valence-electron chi connectivity index (χ2n) is 6.12. The monoisotopic (exact) mass is 281 g/mol. The molecule has 3 heteroatoms. The zero-order chi connectivity index (χ0) is 14.6. The minimum atomic E-state index is 0.313. The molecule has 0 radical (unpaired) electrons. The van der Waals surface area contributed by atoms with Crippen LogP contribution in [0, 0.1) is 0 Å². The first-order valence-electron chi connectivity index (χ1n) is 8.47. The highest BCUT2D eigenvalue weighted by molar-refractivity contribution is 5.76. The minimum absolute atomic E-state index is 0.313. The number of likely N-dealkylation sites (tertiary alicyclic amines) is 1. The van der Waals surface area contributed by atoms with Crippen LogP contribution in [0.15, 0.2) is 0 Å². The lowest BCUT2D eigenvalue weighted by molar-refractivity contribution is -0.130. The van der Waals surface area contributed by atoms with Crippen LogP contribution in [0.4, 0.5) is 0 Å². The fourth-order valence-electron chi connectivity index (χ4n) is 2.84. The van der Waals surface area contributed by atoms with E-state index in [1.54, 1.807) is 6.92 Å². The number of ketones is 1. The second kappa shape index (κ2) is 10.9. The Kier molecular flexibility index (Phi) is 9.35. The molecule has 0 aliphatic carbocycles. The molecule has 20 heavy (non-hydrogen) atoms. The molecule has 0 N–H and O–H groups in total. The van der Waals surface area contributed by atoms with Gasteiger partial charge in [0.2, 0.25) is 5.91 Å². The molecule has 1 amide bonds. The van der Waals surface area contributed by atoms with E-state index in [1.807, 2.05) is 4.90 Å². The first-order chi connectivity index (χ1) is 9.70. The van der Waals surface area contributed by atoms with Crippen molar-refractivity contribution in [2.24, 2.45) is 0 Å². The molecule has 0 unspecified atom stereocenters. The van der Waals surface area contributed by atoms with Crippen molar-refractivity contribution in [2.45, 2.75) is 84.0 Å². The van der Waals surface area contributed by atoms with Gasteiger partial charge in [0, 0.05) is 25.9 Å². The second-order valence-corrected chi connectivity index (χ2v) is 6.12. The van der Waals surface area contributed by atoms with Gasteiger partial charge in [0.05, 0.1) is 0 Å². The maximum Gasteiger partial charge on any atom is 0.222 e. The summed E-state index contributed by atoms with van der Waals surface area (Å²) in [5.74, 6) is 0.680. The number of carbonyl (C=O) groups is 2. The van der Waals surface area contributed by atoms with E-state index < -0.39 is 0 Å². The number of amides is 1. The van der Waals surface area contributed by atoms with Gasteiger partial charge in [-0.3, -0.25) is 4.79 Å². The minimum Gasteiger partial charge on any atom is -0.343 e. The van der Waals surface area contributed by atoms with Gasteiger partial charge in [-0.1, -0.05) is 38.5 Å². The molecule has 1 saturated heterocycles. The van der Waals surface area contributed by atoms with Crippen molar-refractivity contribution in [1.82, 2.24) is 4.90 Å². The zero-order valence-corrected chi connectivity index (χ0v) is 13.2. The standard InChI is InChI=1S/C17H31NO2/c1-16(19)12-8-6-4-2-3-5-7-9-13-17(20)18-14-10-11-15-18/h2-15H2,1H3. The van der Waals surface area contributed by atoms with Crippen LogP contribution in [0.1, 0.15) is 84.0 Å². The molecule has 1 aliphatic rings. The highest BCUT2D eigenvalue weighted by Gasteiger charge is 2.16. The van der Waals surface area contributed by atoms with Crippen LogP contribution >= 0.6 is 0 Å². The Morgan fingerprint density at radius 3 is 1.70 bits per heavy atom. The molecule has 0 saturated carbocycles. The van der Waals surface area contributed by atoms with Crippen LogP contribution in [-0.2, 0) is 9.59 Å². The molecule has 1 aliphatic heterocycles. The van der Waals surface area contributed by atoms with Crippen molar-refractivity contribution >= 4 is 11.7 Å². The van der Waals surface area contributed by atoms with Gasteiger partial charge >= 0.3 is 0 Å². The van der Waals surface area contributed by atoms with Crippen LogP contribution in [0.25, 0.3) is 0 Å². The maximum absolute atomic E-state index is 11.8. The predicted molar refractivity (Wildman–Crippen MR) is 82.7 cm³/mol. The van der Waals surface area contributed by atoms with Crippen molar-refractivity contribution in [2.75, 3.05) is 13.1 Å². The van der Waals surface area contributed by atoms with Crippen molar-refractivity contribution < 1.29 is 9.59 Å². The van der Waals surface area contributed by atoms with Crippen molar-refractivity contribution in [3.63, 3.8) is 0 Å². The summed E-state index contributed by atoms with van der Waals surface area (Å²) in [6.07, 6.45) is 13.4. The van der Waals surface area contributed by atoms with Gasteiger partial charge in [-0.2, -0.15) is 0 Å². The van der Waals surface area contributed by atoms with E-state index in [-0.39, 0.29) is 0 Å². The number of nitrogens with zero attached hydrogens (tertiary/aromatic N) is 1. The lowest BCUT2D eigenvalue weighted by Crippen LogP contribution is -2.27. The van der Waals surface area contributed by atoms with Gasteiger partial charge in [-0.15, -0.1) is 0 Å². The average Bonchev–Trinajstić information content (AvgIpc) is 2.94. The molecule has 0 aromatic carbocycles. The lowest BCUT2D eigenvalue weighted by atomic mass is 10.1. The number of rotatable bonds is 11. The van der Waals surface area contributed by atoms with Crippen LogP contribution < -0.4 is 0 Å². The van der Waals surface area contributed by atoms with Crippen LogP contribution in [0.3, 0.4) is 0 Å². The quantitative estimate of drug-likeness (QED) is 0.535. The molecule has 0 spiro atoms. The molecule has 0 bridgehead atoms. The highest BCUT2D eigenvalue weighted by Crippen LogP contribution is 2.13. The van der Waals surface area contributed by atoms with Gasteiger partial charge in [0.1, 0.15) is 5.78 Å². The molecule has 0 atom stereocenters. The number of hydrogen-bond donors (Lipinski definition) is 0. The summed E-state index contributed by atoms with van der Waals surface area (Å²) < 4.78 is 0. The Hall–Kier alpha value is -0.860. The smallest absolute Gasteiger partial charge is 0.222 e. The first-order valence-corrected chi connectivity index (χ1v) is 8.47. The Morgan fingerprint density at radius 1 is 0.750 bits per heavy atom. The van der Waals surface area contributed by atoms with E-state index >= 15 is 0 Å². The fraction of sp³-hybridized carbons (Fsp3) is 0.882. The number of hydrogen-bond acceptors (Lipinski definition) is 2. The Balaban J connectivity index is 1.80. The summed E-state index contributed by atoms with van der Waals surface area (Å²) in [7, 11) is 0. The number of unbranched alkanes of at least 4 members (excludes halogenated alkanes) is 7. The van der Waals surface area contributed by atoms with Gasteiger partial charge < -0.3 is 9.69 Å². The lowest BCUT2D eigenvalue weighted by Gasteiger charge is -2.14. The number of carbonyl (C=O) groups excluding carboxylic acids is 2. The van der Waals surface area contributed by atoms with Gasteiger partial charge in [0.15, 0.2) is 0 Å². The summed E-state index contributed by atoms with van der Waals surface area (Å²) in [5.41, 5.74) is 0. The summed E-state index contributed by atoms with van der Waals surface area (Å²) in [6.45, 7) is 3.64. The topological polar surface area (TPSA) is 37.4 Å². The molecule has 0 aromatic rings. The van der Waals surface area contributed by atoms with E-state index in [0.29, 0.717) is 11.7 Å². The third kappa shape index (κ3) is 8.34. The first kappa shape index (κ1) is 17.2. The summed E-state index contributed by atoms with van der Waals surface area (Å²) in [5, 5.41) is 0. The van der Waals surface area contributed by atoms with E-state index in [4.69, 9.17) is 0 Å². The van der Waals surface area contributed by atoms with Crippen molar-refractivity contribution in [3.8, 4) is 0 Å². The largest absolute Gasteiger partial charge is 0.343 e. The van der Waals surface area contributed by atoms with Crippen LogP contribution in [-0.4, -0.2) is 29.7 Å². The van der Waals surface area contributed by atoms with E-state index in [2.05, 4.69) is 0 Å². The normalized spacial score (nSPS) is 14.8. The fourth-order valence-corrected chi connectivity index (χ4v) is 2.84. The molecule has 0 aromatic heterocycles. The van der Waals surface area contributed by atoms with E-state index in [1.165, 1.54) is 51.4 Å². The van der Waals surface area contributed by atoms with E-state index in [0.717, 1.165) is 38.8 Å². The Bertz CT molecular complexity index is 283. The van der Waals surface area contributed by atoms with Crippen LogP contribution in [0.5, 0.6) is 0 Å².